The normalized spacial score (nSPS) is 15.5. The van der Waals surface area contributed by atoms with Gasteiger partial charge in [-0.1, -0.05) is 23.9 Å². The largest absolute Gasteiger partial charge is 0.485 e. The number of urea groups is 1. The first-order valence-electron chi connectivity index (χ1n) is 8.45. The van der Waals surface area contributed by atoms with Gasteiger partial charge in [0, 0.05) is 13.1 Å². The number of benzene rings is 1. The third kappa shape index (κ3) is 4.70. The predicted molar refractivity (Wildman–Crippen MR) is 98.8 cm³/mol. The molecule has 27 heavy (non-hydrogen) atoms. The molecule has 1 aromatic heterocycles. The van der Waals surface area contributed by atoms with Crippen LogP contribution in [-0.2, 0) is 11.8 Å². The number of carbonyl (C=O) groups excluding carboxylic acids is 2. The van der Waals surface area contributed by atoms with Gasteiger partial charge in [0.2, 0.25) is 5.91 Å². The Bertz CT molecular complexity index is 838. The van der Waals surface area contributed by atoms with Crippen molar-refractivity contribution in [3.05, 3.63) is 30.1 Å². The summed E-state index contributed by atoms with van der Waals surface area (Å²) in [7, 11) is 1.80. The average molecular weight is 391 g/mol. The van der Waals surface area contributed by atoms with Gasteiger partial charge in [0.05, 0.1) is 5.75 Å². The van der Waals surface area contributed by atoms with Crippen molar-refractivity contribution in [1.82, 2.24) is 25.4 Å². The Balaban J connectivity index is 1.58. The van der Waals surface area contributed by atoms with E-state index < -0.39 is 18.0 Å². The average Bonchev–Trinajstić information content (AvgIpc) is 2.99. The van der Waals surface area contributed by atoms with Crippen LogP contribution >= 0.6 is 11.8 Å². The number of nitrogens with one attached hydrogen (secondary N) is 2. The van der Waals surface area contributed by atoms with Gasteiger partial charge in [-0.15, -0.1) is 10.2 Å². The minimum Gasteiger partial charge on any atom is -0.485 e. The van der Waals surface area contributed by atoms with Gasteiger partial charge >= 0.3 is 6.03 Å². The summed E-state index contributed by atoms with van der Waals surface area (Å²) in [6.45, 7) is 3.95. The van der Waals surface area contributed by atoms with E-state index in [2.05, 4.69) is 20.8 Å². The summed E-state index contributed by atoms with van der Waals surface area (Å²) in [4.78, 5) is 23.4. The Morgan fingerprint density at radius 1 is 1.30 bits per heavy atom. The lowest BCUT2D eigenvalue weighted by atomic mass is 10.2. The molecule has 2 aromatic rings. The molecule has 2 heterocycles. The lowest BCUT2D eigenvalue weighted by Gasteiger charge is -2.25. The van der Waals surface area contributed by atoms with Gasteiger partial charge in [0.1, 0.15) is 6.61 Å². The van der Waals surface area contributed by atoms with Gasteiger partial charge in [0.25, 0.3) is 0 Å². The first kappa shape index (κ1) is 19.0. The topological polar surface area (TPSA) is 107 Å². The molecular weight excluding hydrogens is 370 g/mol. The van der Waals surface area contributed by atoms with E-state index in [1.54, 1.807) is 11.6 Å². The zero-order valence-electron chi connectivity index (χ0n) is 15.3. The molecule has 10 heteroatoms. The summed E-state index contributed by atoms with van der Waals surface area (Å²) in [6.07, 6.45) is -0.391. The second-order valence-electron chi connectivity index (χ2n) is 6.23. The lowest BCUT2D eigenvalue weighted by molar-refractivity contribution is -0.117. The Hall–Kier alpha value is -2.75. The van der Waals surface area contributed by atoms with Crippen LogP contribution in [0.2, 0.25) is 0 Å². The van der Waals surface area contributed by atoms with Crippen molar-refractivity contribution in [3.63, 3.8) is 0 Å². The van der Waals surface area contributed by atoms with E-state index in [1.807, 2.05) is 38.1 Å². The summed E-state index contributed by atoms with van der Waals surface area (Å²) < 4.78 is 13.4. The van der Waals surface area contributed by atoms with E-state index in [-0.39, 0.29) is 11.8 Å². The van der Waals surface area contributed by atoms with E-state index in [9.17, 15) is 9.59 Å². The first-order valence-corrected chi connectivity index (χ1v) is 9.43. The van der Waals surface area contributed by atoms with Crippen LogP contribution in [0.3, 0.4) is 0 Å². The molecule has 1 atom stereocenters. The maximum absolute atomic E-state index is 11.9. The van der Waals surface area contributed by atoms with Crippen molar-refractivity contribution < 1.29 is 19.1 Å². The number of thioether (sulfide) groups is 1. The second-order valence-corrected chi connectivity index (χ2v) is 7.17. The molecule has 3 amide bonds. The van der Waals surface area contributed by atoms with Gasteiger partial charge in [0.15, 0.2) is 28.6 Å². The highest BCUT2D eigenvalue weighted by atomic mass is 32.2. The maximum atomic E-state index is 11.9. The molecule has 1 aliphatic heterocycles. The molecule has 1 aromatic carbocycles. The summed E-state index contributed by atoms with van der Waals surface area (Å²) in [5, 5.41) is 13.7. The van der Waals surface area contributed by atoms with Crippen LogP contribution < -0.4 is 20.1 Å². The number of amides is 3. The highest BCUT2D eigenvalue weighted by molar-refractivity contribution is 7.99. The number of hydrogen-bond donors (Lipinski definition) is 2. The van der Waals surface area contributed by atoms with Crippen LogP contribution in [0.5, 0.6) is 11.5 Å². The third-order valence-corrected chi connectivity index (χ3v) is 4.69. The number of hydrogen-bond acceptors (Lipinski definition) is 7. The molecular formula is C17H21N5O4S. The first-order chi connectivity index (χ1) is 12.9. The molecule has 0 aliphatic carbocycles. The molecule has 9 nitrogen and oxygen atoms in total. The minimum atomic E-state index is -0.513. The number of imide groups is 1. The fraction of sp³-hybridized carbons (Fsp3) is 0.412. The molecule has 0 bridgehead atoms. The quantitative estimate of drug-likeness (QED) is 0.746. The van der Waals surface area contributed by atoms with E-state index >= 15 is 0 Å². The van der Waals surface area contributed by atoms with Crippen LogP contribution in [0.1, 0.15) is 25.8 Å². The van der Waals surface area contributed by atoms with Gasteiger partial charge in [-0.2, -0.15) is 0 Å². The smallest absolute Gasteiger partial charge is 0.321 e. The third-order valence-electron chi connectivity index (χ3n) is 3.67. The summed E-state index contributed by atoms with van der Waals surface area (Å²) >= 11 is 1.19. The van der Waals surface area contributed by atoms with Crippen LogP contribution in [0.25, 0.3) is 0 Å². The van der Waals surface area contributed by atoms with E-state index in [0.29, 0.717) is 29.1 Å². The highest BCUT2D eigenvalue weighted by Crippen LogP contribution is 2.35. The summed E-state index contributed by atoms with van der Waals surface area (Å²) in [6, 6.07) is 6.87. The zero-order valence-corrected chi connectivity index (χ0v) is 16.1. The molecule has 0 saturated carbocycles. The number of nitrogens with zero attached hydrogens (tertiary/aromatic N) is 3. The number of para-hydroxylation sites is 2. The summed E-state index contributed by atoms with van der Waals surface area (Å²) in [5.74, 6) is 1.59. The van der Waals surface area contributed by atoms with E-state index in [1.165, 1.54) is 11.8 Å². The molecule has 144 valence electrons. The van der Waals surface area contributed by atoms with Crippen molar-refractivity contribution in [2.45, 2.75) is 31.1 Å². The number of ether oxygens (including phenoxy) is 2. The molecule has 0 radical (unpaired) electrons. The molecule has 0 fully saturated rings. The molecule has 2 N–H and O–H groups in total. The number of rotatable bonds is 5. The minimum absolute atomic E-state index is 0.0440. The molecule has 3 rings (SSSR count). The number of aromatic nitrogens is 3. The van der Waals surface area contributed by atoms with Crippen molar-refractivity contribution in [2.24, 2.45) is 7.05 Å². The van der Waals surface area contributed by atoms with Crippen LogP contribution in [0, 0.1) is 0 Å². The molecule has 0 spiro atoms. The molecule has 0 saturated heterocycles. The Labute approximate surface area is 160 Å². The van der Waals surface area contributed by atoms with Crippen molar-refractivity contribution in [3.8, 4) is 11.5 Å². The van der Waals surface area contributed by atoms with Crippen LogP contribution in [0.15, 0.2) is 29.4 Å². The highest BCUT2D eigenvalue weighted by Gasteiger charge is 2.27. The van der Waals surface area contributed by atoms with Gasteiger partial charge < -0.3 is 19.4 Å². The number of fused-ring (bicyclic) bond motifs is 1. The number of carbonyl (C=O) groups is 2. The van der Waals surface area contributed by atoms with E-state index in [4.69, 9.17) is 9.47 Å². The van der Waals surface area contributed by atoms with Crippen LogP contribution in [0.4, 0.5) is 4.79 Å². The van der Waals surface area contributed by atoms with Gasteiger partial charge in [-0.05, 0) is 26.0 Å². The Morgan fingerprint density at radius 2 is 2.04 bits per heavy atom. The van der Waals surface area contributed by atoms with Crippen LogP contribution in [-0.4, -0.2) is 45.1 Å². The van der Waals surface area contributed by atoms with Gasteiger partial charge in [-0.25, -0.2) is 4.79 Å². The van der Waals surface area contributed by atoms with Crippen molar-refractivity contribution in [1.29, 1.82) is 0 Å². The van der Waals surface area contributed by atoms with E-state index in [0.717, 1.165) is 0 Å². The SMILES string of the molecule is CC(C)NC(=O)NC(=O)CSc1nnc(C2COc3ccccc3O2)n1C. The Kier molecular flexibility index (Phi) is 5.84. The summed E-state index contributed by atoms with van der Waals surface area (Å²) in [5.41, 5.74) is 0. The van der Waals surface area contributed by atoms with Crippen molar-refractivity contribution in [2.75, 3.05) is 12.4 Å². The standard InChI is InChI=1S/C17H21N5O4S/c1-10(2)18-16(24)19-14(23)9-27-17-21-20-15(22(17)3)13-8-25-11-6-4-5-7-12(11)26-13/h4-7,10,13H,8-9H2,1-3H3,(H2,18,19,23,24). The monoisotopic (exact) mass is 391 g/mol. The molecule has 1 aliphatic rings. The molecule has 1 unspecified atom stereocenters. The fourth-order valence-electron chi connectivity index (χ4n) is 2.47. The zero-order chi connectivity index (χ0) is 19.4. The lowest BCUT2D eigenvalue weighted by Crippen LogP contribution is -2.43. The predicted octanol–water partition coefficient (Wildman–Crippen LogP) is 1.65. The Morgan fingerprint density at radius 3 is 2.78 bits per heavy atom. The van der Waals surface area contributed by atoms with Gasteiger partial charge in [-0.3, -0.25) is 10.1 Å². The second kappa shape index (κ2) is 8.30. The maximum Gasteiger partial charge on any atom is 0.321 e. The fourth-order valence-corrected chi connectivity index (χ4v) is 3.19. The van der Waals surface area contributed by atoms with Crippen molar-refractivity contribution >= 4 is 23.7 Å².